The molecule has 2 atom stereocenters. The number of carbonyl (C=O) groups excluding carboxylic acids is 2. The van der Waals surface area contributed by atoms with Crippen LogP contribution in [0.4, 0.5) is 4.79 Å². The number of ether oxygens (including phenoxy) is 2. The van der Waals surface area contributed by atoms with Crippen LogP contribution in [0.3, 0.4) is 0 Å². The molecule has 1 aliphatic carbocycles. The summed E-state index contributed by atoms with van der Waals surface area (Å²) >= 11 is 0. The van der Waals surface area contributed by atoms with E-state index in [0.717, 1.165) is 12.8 Å². The summed E-state index contributed by atoms with van der Waals surface area (Å²) in [6.45, 7) is 5.83. The Kier molecular flexibility index (Phi) is 3.89. The zero-order valence-electron chi connectivity index (χ0n) is 12.1. The summed E-state index contributed by atoms with van der Waals surface area (Å²) in [5, 5.41) is 9.12. The van der Waals surface area contributed by atoms with Gasteiger partial charge in [-0.05, 0) is 33.6 Å². The zero-order valence-corrected chi connectivity index (χ0v) is 12.1. The number of carbonyl (C=O) groups is 2. The average molecular weight is 280 g/mol. The van der Waals surface area contributed by atoms with Gasteiger partial charge in [0.15, 0.2) is 0 Å². The summed E-state index contributed by atoms with van der Waals surface area (Å²) in [5.41, 5.74) is -0.581. The molecule has 6 nitrogen and oxygen atoms in total. The fraction of sp³-hybridized carbons (Fsp3) is 0.786. The minimum absolute atomic E-state index is 0.00933. The molecule has 0 aromatic rings. The second kappa shape index (κ2) is 5.31. The molecular formula is C14H20N2O4. The molecule has 6 heteroatoms. The highest BCUT2D eigenvalue weighted by Gasteiger charge is 2.42. The molecule has 20 heavy (non-hydrogen) atoms. The van der Waals surface area contributed by atoms with Crippen LogP contribution >= 0.6 is 0 Å². The van der Waals surface area contributed by atoms with Crippen LogP contribution in [0.5, 0.6) is 0 Å². The van der Waals surface area contributed by atoms with Crippen molar-refractivity contribution in [2.75, 3.05) is 13.1 Å². The zero-order chi connectivity index (χ0) is 14.9. The van der Waals surface area contributed by atoms with Gasteiger partial charge in [0.25, 0.3) is 0 Å². The molecule has 0 radical (unpaired) electrons. The largest absolute Gasteiger partial charge is 0.459 e. The first kappa shape index (κ1) is 14.6. The van der Waals surface area contributed by atoms with Gasteiger partial charge in [-0.3, -0.25) is 4.79 Å². The van der Waals surface area contributed by atoms with Crippen molar-refractivity contribution in [2.24, 2.45) is 11.8 Å². The summed E-state index contributed by atoms with van der Waals surface area (Å²) in [6, 6.07) is 2.10. The highest BCUT2D eigenvalue weighted by Crippen LogP contribution is 2.32. The van der Waals surface area contributed by atoms with Gasteiger partial charge in [-0.2, -0.15) is 5.26 Å². The number of nitriles is 1. The average Bonchev–Trinajstić information content (AvgIpc) is 3.09. The highest BCUT2D eigenvalue weighted by molar-refractivity contribution is 5.75. The van der Waals surface area contributed by atoms with Crippen LogP contribution in [0.15, 0.2) is 0 Å². The molecule has 1 aliphatic heterocycles. The van der Waals surface area contributed by atoms with E-state index in [-0.39, 0.29) is 25.0 Å². The van der Waals surface area contributed by atoms with Gasteiger partial charge in [-0.15, -0.1) is 0 Å². The lowest BCUT2D eigenvalue weighted by atomic mass is 10.1. The van der Waals surface area contributed by atoms with E-state index in [1.165, 1.54) is 4.90 Å². The quantitative estimate of drug-likeness (QED) is 0.719. The van der Waals surface area contributed by atoms with Gasteiger partial charge in [0, 0.05) is 6.54 Å². The number of esters is 1. The van der Waals surface area contributed by atoms with E-state index in [1.807, 2.05) is 0 Å². The van der Waals surface area contributed by atoms with Crippen LogP contribution in [-0.2, 0) is 14.3 Å². The maximum Gasteiger partial charge on any atom is 0.410 e. The lowest BCUT2D eigenvalue weighted by Gasteiger charge is -2.24. The first-order valence-corrected chi connectivity index (χ1v) is 6.88. The Morgan fingerprint density at radius 1 is 1.25 bits per heavy atom. The van der Waals surface area contributed by atoms with Crippen molar-refractivity contribution in [3.8, 4) is 6.07 Å². The van der Waals surface area contributed by atoms with Gasteiger partial charge < -0.3 is 14.4 Å². The first-order chi connectivity index (χ1) is 9.30. The van der Waals surface area contributed by atoms with Gasteiger partial charge in [-0.1, -0.05) is 0 Å². The standard InChI is InChI=1S/C14H20N2O4/c1-14(2,3)20-13(18)16-7-10(6-15)11(8-16)19-12(17)9-4-5-9/h9-11H,4-5,7-8H2,1-3H3/t10-,11-/m0/s1. The lowest BCUT2D eigenvalue weighted by Crippen LogP contribution is -2.36. The minimum atomic E-state index is -0.581. The lowest BCUT2D eigenvalue weighted by molar-refractivity contribution is -0.151. The number of hydrogen-bond donors (Lipinski definition) is 0. The molecule has 2 aliphatic rings. The van der Waals surface area contributed by atoms with Crippen molar-refractivity contribution in [1.29, 1.82) is 5.26 Å². The van der Waals surface area contributed by atoms with Gasteiger partial charge in [0.05, 0.1) is 18.5 Å². The third kappa shape index (κ3) is 3.62. The number of amides is 1. The van der Waals surface area contributed by atoms with E-state index < -0.39 is 23.7 Å². The fourth-order valence-corrected chi connectivity index (χ4v) is 2.06. The molecule has 0 N–H and O–H groups in total. The molecule has 0 bridgehead atoms. The van der Waals surface area contributed by atoms with Crippen molar-refractivity contribution < 1.29 is 19.1 Å². The number of nitrogens with zero attached hydrogens (tertiary/aromatic N) is 2. The topological polar surface area (TPSA) is 79.6 Å². The minimum Gasteiger partial charge on any atom is -0.459 e. The normalized spacial score (nSPS) is 26.0. The molecule has 0 unspecified atom stereocenters. The summed E-state index contributed by atoms with van der Waals surface area (Å²) in [4.78, 5) is 25.1. The van der Waals surface area contributed by atoms with Crippen LogP contribution in [0.1, 0.15) is 33.6 Å². The molecule has 1 saturated carbocycles. The molecule has 0 spiro atoms. The van der Waals surface area contributed by atoms with Crippen LogP contribution in [0.25, 0.3) is 0 Å². The van der Waals surface area contributed by atoms with Crippen molar-refractivity contribution in [2.45, 2.75) is 45.3 Å². The van der Waals surface area contributed by atoms with Gasteiger partial charge >= 0.3 is 12.1 Å². The molecule has 2 rings (SSSR count). The third-order valence-electron chi connectivity index (χ3n) is 3.26. The smallest absolute Gasteiger partial charge is 0.410 e. The summed E-state index contributed by atoms with van der Waals surface area (Å²) in [6.07, 6.45) is 0.709. The highest BCUT2D eigenvalue weighted by atomic mass is 16.6. The number of likely N-dealkylation sites (tertiary alicyclic amines) is 1. The second-order valence-corrected chi connectivity index (χ2v) is 6.37. The van der Waals surface area contributed by atoms with Crippen LogP contribution in [-0.4, -0.2) is 41.8 Å². The summed E-state index contributed by atoms with van der Waals surface area (Å²) < 4.78 is 10.6. The Balaban J connectivity index is 1.93. The monoisotopic (exact) mass is 280 g/mol. The molecule has 1 amide bonds. The van der Waals surface area contributed by atoms with Crippen molar-refractivity contribution in [3.63, 3.8) is 0 Å². The molecule has 0 aromatic heterocycles. The summed E-state index contributed by atoms with van der Waals surface area (Å²) in [5.74, 6) is -0.739. The third-order valence-corrected chi connectivity index (χ3v) is 3.26. The van der Waals surface area contributed by atoms with Crippen molar-refractivity contribution >= 4 is 12.1 Å². The Morgan fingerprint density at radius 3 is 2.40 bits per heavy atom. The predicted octanol–water partition coefficient (Wildman–Crippen LogP) is 1.70. The first-order valence-electron chi connectivity index (χ1n) is 6.88. The van der Waals surface area contributed by atoms with E-state index in [4.69, 9.17) is 14.7 Å². The SMILES string of the molecule is CC(C)(C)OC(=O)N1C[C@H](OC(=O)C2CC2)[C@@H](C#N)C1. The van der Waals surface area contributed by atoms with E-state index in [9.17, 15) is 9.59 Å². The second-order valence-electron chi connectivity index (χ2n) is 6.37. The number of hydrogen-bond acceptors (Lipinski definition) is 5. The Bertz CT molecular complexity index is 445. The van der Waals surface area contributed by atoms with Gasteiger partial charge in [-0.25, -0.2) is 4.79 Å². The van der Waals surface area contributed by atoms with E-state index in [0.29, 0.717) is 0 Å². The van der Waals surface area contributed by atoms with Crippen molar-refractivity contribution in [1.82, 2.24) is 4.90 Å². The fourth-order valence-electron chi connectivity index (χ4n) is 2.06. The van der Waals surface area contributed by atoms with Gasteiger partial charge in [0.1, 0.15) is 17.6 Å². The molecule has 1 heterocycles. The molecule has 110 valence electrons. The number of rotatable bonds is 2. The maximum absolute atomic E-state index is 12.0. The van der Waals surface area contributed by atoms with E-state index >= 15 is 0 Å². The van der Waals surface area contributed by atoms with Crippen molar-refractivity contribution in [3.05, 3.63) is 0 Å². The van der Waals surface area contributed by atoms with Gasteiger partial charge in [0.2, 0.25) is 0 Å². The Hall–Kier alpha value is -1.77. The van der Waals surface area contributed by atoms with E-state index in [2.05, 4.69) is 6.07 Å². The van der Waals surface area contributed by atoms with Crippen LogP contribution in [0, 0.1) is 23.2 Å². The Morgan fingerprint density at radius 2 is 1.90 bits per heavy atom. The predicted molar refractivity (Wildman–Crippen MR) is 69.5 cm³/mol. The Labute approximate surface area is 118 Å². The van der Waals surface area contributed by atoms with Crippen LogP contribution < -0.4 is 0 Å². The van der Waals surface area contributed by atoms with Crippen LogP contribution in [0.2, 0.25) is 0 Å². The maximum atomic E-state index is 12.0. The molecular weight excluding hydrogens is 260 g/mol. The molecule has 2 fully saturated rings. The molecule has 1 saturated heterocycles. The van der Waals surface area contributed by atoms with E-state index in [1.54, 1.807) is 20.8 Å². The molecule has 0 aromatic carbocycles. The summed E-state index contributed by atoms with van der Waals surface area (Å²) in [7, 11) is 0.